The summed E-state index contributed by atoms with van der Waals surface area (Å²) in [5.41, 5.74) is 2.07. The molecule has 0 N–H and O–H groups in total. The molecular formula is C16H9N3O. The zero-order chi connectivity index (χ0) is 13.9. The second-order valence-electron chi connectivity index (χ2n) is 4.31. The van der Waals surface area contributed by atoms with Gasteiger partial charge in [-0.05, 0) is 36.4 Å². The Kier molecular flexibility index (Phi) is 2.94. The highest BCUT2D eigenvalue weighted by atomic mass is 16.1. The van der Waals surface area contributed by atoms with Gasteiger partial charge in [0.05, 0.1) is 17.1 Å². The average molecular weight is 259 g/mol. The quantitative estimate of drug-likeness (QED) is 0.664. The predicted molar refractivity (Wildman–Crippen MR) is 74.1 cm³/mol. The third kappa shape index (κ3) is 2.13. The molecule has 1 aromatic heterocycles. The smallest absolute Gasteiger partial charge is 0.213 e. The van der Waals surface area contributed by atoms with Crippen molar-refractivity contribution in [1.82, 2.24) is 10.2 Å². The van der Waals surface area contributed by atoms with E-state index < -0.39 is 0 Å². The van der Waals surface area contributed by atoms with Crippen LogP contribution >= 0.6 is 0 Å². The lowest BCUT2D eigenvalue weighted by atomic mass is 10.1. The molecule has 0 unspecified atom stereocenters. The monoisotopic (exact) mass is 259 g/mol. The third-order valence-corrected chi connectivity index (χ3v) is 3.00. The summed E-state index contributed by atoms with van der Waals surface area (Å²) in [6, 6.07) is 17.7. The minimum Gasteiger partial charge on any atom is -0.287 e. The van der Waals surface area contributed by atoms with E-state index in [1.807, 2.05) is 30.3 Å². The van der Waals surface area contributed by atoms with Crippen LogP contribution in [0.4, 0.5) is 0 Å². The minimum absolute atomic E-state index is 0.201. The first-order chi connectivity index (χ1) is 9.78. The highest BCUT2D eigenvalue weighted by Crippen LogP contribution is 2.14. The van der Waals surface area contributed by atoms with Gasteiger partial charge in [0.2, 0.25) is 5.78 Å². The molecule has 0 saturated carbocycles. The molecule has 3 rings (SSSR count). The van der Waals surface area contributed by atoms with Crippen molar-refractivity contribution in [3.63, 3.8) is 0 Å². The van der Waals surface area contributed by atoms with Crippen LogP contribution in [0.1, 0.15) is 21.6 Å². The number of fused-ring (bicyclic) bond motifs is 1. The standard InChI is InChI=1S/C16H9N3O/c17-10-11-5-7-12(8-6-11)16(20)15-9-13-3-1-2-4-14(13)18-19-15/h1-9H. The van der Waals surface area contributed by atoms with Crippen molar-refractivity contribution in [1.29, 1.82) is 5.26 Å². The van der Waals surface area contributed by atoms with Crippen molar-refractivity contribution in [2.45, 2.75) is 0 Å². The van der Waals surface area contributed by atoms with Crippen LogP contribution in [-0.4, -0.2) is 16.0 Å². The number of ketones is 1. The number of aromatic nitrogens is 2. The topological polar surface area (TPSA) is 66.6 Å². The Bertz CT molecular complexity index is 832. The zero-order valence-corrected chi connectivity index (χ0v) is 10.4. The molecule has 2 aromatic carbocycles. The molecule has 0 atom stereocenters. The molecule has 94 valence electrons. The van der Waals surface area contributed by atoms with E-state index in [1.165, 1.54) is 0 Å². The lowest BCUT2D eigenvalue weighted by Gasteiger charge is -2.01. The lowest BCUT2D eigenvalue weighted by Crippen LogP contribution is -2.05. The SMILES string of the molecule is N#Cc1ccc(C(=O)c2cc3ccccc3nn2)cc1. The summed E-state index contributed by atoms with van der Waals surface area (Å²) >= 11 is 0. The largest absolute Gasteiger partial charge is 0.287 e. The molecule has 0 aliphatic heterocycles. The van der Waals surface area contributed by atoms with Gasteiger partial charge in [0.15, 0.2) is 0 Å². The first-order valence-electron chi connectivity index (χ1n) is 6.05. The normalized spacial score (nSPS) is 10.2. The summed E-state index contributed by atoms with van der Waals surface area (Å²) in [4.78, 5) is 12.3. The third-order valence-electron chi connectivity index (χ3n) is 3.00. The summed E-state index contributed by atoms with van der Waals surface area (Å²) in [7, 11) is 0. The number of hydrogen-bond donors (Lipinski definition) is 0. The molecule has 3 aromatic rings. The second-order valence-corrected chi connectivity index (χ2v) is 4.31. The molecule has 0 saturated heterocycles. The van der Waals surface area contributed by atoms with Crippen LogP contribution in [0.25, 0.3) is 10.9 Å². The molecular weight excluding hydrogens is 250 g/mol. The van der Waals surface area contributed by atoms with E-state index in [4.69, 9.17) is 5.26 Å². The number of carbonyl (C=O) groups excluding carboxylic acids is 1. The molecule has 0 bridgehead atoms. The summed E-state index contributed by atoms with van der Waals surface area (Å²) in [5.74, 6) is -0.201. The Morgan fingerprint density at radius 2 is 1.75 bits per heavy atom. The van der Waals surface area contributed by atoms with Crippen molar-refractivity contribution < 1.29 is 4.79 Å². The average Bonchev–Trinajstić information content (AvgIpc) is 2.54. The molecule has 0 aliphatic carbocycles. The van der Waals surface area contributed by atoms with Gasteiger partial charge in [-0.15, -0.1) is 10.2 Å². The van der Waals surface area contributed by atoms with E-state index in [-0.39, 0.29) is 5.78 Å². The van der Waals surface area contributed by atoms with Gasteiger partial charge < -0.3 is 0 Å². The first-order valence-corrected chi connectivity index (χ1v) is 6.05. The molecule has 20 heavy (non-hydrogen) atoms. The second kappa shape index (κ2) is 4.90. The summed E-state index contributed by atoms with van der Waals surface area (Å²) < 4.78 is 0. The maximum atomic E-state index is 12.3. The van der Waals surface area contributed by atoms with E-state index in [2.05, 4.69) is 10.2 Å². The van der Waals surface area contributed by atoms with E-state index >= 15 is 0 Å². The molecule has 4 heteroatoms. The van der Waals surface area contributed by atoms with Crippen LogP contribution in [0, 0.1) is 11.3 Å². The van der Waals surface area contributed by atoms with Crippen LogP contribution in [0.15, 0.2) is 54.6 Å². The minimum atomic E-state index is -0.201. The summed E-state index contributed by atoms with van der Waals surface area (Å²) in [6.07, 6.45) is 0. The van der Waals surface area contributed by atoms with Gasteiger partial charge in [-0.1, -0.05) is 18.2 Å². The Morgan fingerprint density at radius 3 is 2.50 bits per heavy atom. The highest BCUT2D eigenvalue weighted by Gasteiger charge is 2.11. The van der Waals surface area contributed by atoms with Gasteiger partial charge in [0.1, 0.15) is 5.69 Å². The number of rotatable bonds is 2. The van der Waals surface area contributed by atoms with Gasteiger partial charge in [0, 0.05) is 10.9 Å². The maximum Gasteiger partial charge on any atom is 0.213 e. The van der Waals surface area contributed by atoms with Crippen molar-refractivity contribution in [2.24, 2.45) is 0 Å². The molecule has 0 spiro atoms. The number of nitriles is 1. The molecule has 0 radical (unpaired) electrons. The van der Waals surface area contributed by atoms with Crippen LogP contribution in [-0.2, 0) is 0 Å². The van der Waals surface area contributed by atoms with E-state index in [0.717, 1.165) is 10.9 Å². The Hall–Kier alpha value is -3.06. The van der Waals surface area contributed by atoms with Crippen LogP contribution in [0.5, 0.6) is 0 Å². The van der Waals surface area contributed by atoms with E-state index in [0.29, 0.717) is 16.8 Å². The molecule has 0 aliphatic rings. The predicted octanol–water partition coefficient (Wildman–Crippen LogP) is 2.73. The van der Waals surface area contributed by atoms with Crippen molar-refractivity contribution >= 4 is 16.7 Å². The van der Waals surface area contributed by atoms with Crippen molar-refractivity contribution in [3.8, 4) is 6.07 Å². The van der Waals surface area contributed by atoms with Crippen LogP contribution in [0.3, 0.4) is 0 Å². The highest BCUT2D eigenvalue weighted by molar-refractivity contribution is 6.08. The fourth-order valence-electron chi connectivity index (χ4n) is 1.94. The van der Waals surface area contributed by atoms with E-state index in [9.17, 15) is 4.79 Å². The van der Waals surface area contributed by atoms with Crippen LogP contribution in [0.2, 0.25) is 0 Å². The van der Waals surface area contributed by atoms with Gasteiger partial charge in [-0.2, -0.15) is 5.26 Å². The van der Waals surface area contributed by atoms with Crippen molar-refractivity contribution in [2.75, 3.05) is 0 Å². The maximum absolute atomic E-state index is 12.3. The summed E-state index contributed by atoms with van der Waals surface area (Å²) in [5, 5.41) is 17.6. The van der Waals surface area contributed by atoms with Gasteiger partial charge in [-0.25, -0.2) is 0 Å². The molecule has 0 amide bonds. The zero-order valence-electron chi connectivity index (χ0n) is 10.4. The lowest BCUT2D eigenvalue weighted by molar-refractivity contribution is 0.103. The Morgan fingerprint density at radius 1 is 1.00 bits per heavy atom. The van der Waals surface area contributed by atoms with E-state index in [1.54, 1.807) is 30.3 Å². The van der Waals surface area contributed by atoms with Crippen molar-refractivity contribution in [3.05, 3.63) is 71.4 Å². The fraction of sp³-hybridized carbons (Fsp3) is 0. The van der Waals surface area contributed by atoms with Gasteiger partial charge >= 0.3 is 0 Å². The van der Waals surface area contributed by atoms with Gasteiger partial charge in [-0.3, -0.25) is 4.79 Å². The first kappa shape index (κ1) is 12.0. The fourth-order valence-corrected chi connectivity index (χ4v) is 1.94. The number of hydrogen-bond acceptors (Lipinski definition) is 4. The van der Waals surface area contributed by atoms with Gasteiger partial charge in [0.25, 0.3) is 0 Å². The van der Waals surface area contributed by atoms with Crippen LogP contribution < -0.4 is 0 Å². The Balaban J connectivity index is 2.01. The molecule has 0 fully saturated rings. The number of benzene rings is 2. The molecule has 4 nitrogen and oxygen atoms in total. The number of carbonyl (C=O) groups is 1. The summed E-state index contributed by atoms with van der Waals surface area (Å²) in [6.45, 7) is 0. The Labute approximate surface area is 115 Å². The molecule has 1 heterocycles. The number of nitrogens with zero attached hydrogens (tertiary/aromatic N) is 3.